The zero-order valence-electron chi connectivity index (χ0n) is 11.8. The Labute approximate surface area is 102 Å². The predicted molar refractivity (Wildman–Crippen MR) is 76.8 cm³/mol. The molecule has 1 unspecified atom stereocenters. The summed E-state index contributed by atoms with van der Waals surface area (Å²) >= 11 is 0. The van der Waals surface area contributed by atoms with E-state index in [-0.39, 0.29) is 13.3 Å². The highest BCUT2D eigenvalue weighted by atomic mass is 31.1. The van der Waals surface area contributed by atoms with Gasteiger partial charge in [0.05, 0.1) is 5.76 Å². The highest BCUT2D eigenvalue weighted by Crippen LogP contribution is 2.47. The molecule has 94 valence electrons. The topological polar surface area (TPSA) is 20.2 Å². The van der Waals surface area contributed by atoms with Crippen molar-refractivity contribution in [2.75, 3.05) is 13.3 Å². The smallest absolute Gasteiger partial charge is 0.0922 e. The van der Waals surface area contributed by atoms with Crippen molar-refractivity contribution < 1.29 is 5.11 Å². The molecule has 0 aliphatic rings. The standard InChI is InChI=1S/C14H27OP/c1-8-11(10-12(15)9-2)13(16(6)7)14(3,4)5/h8,10,13,15H,9H2,1-7H3/b11-8+,12-10+. The SMILES string of the molecule is C/C=C(\C=C(\O)CC)C(P(C)C)C(C)(C)C. The van der Waals surface area contributed by atoms with Crippen LogP contribution in [-0.2, 0) is 0 Å². The van der Waals surface area contributed by atoms with Crippen LogP contribution in [0.25, 0.3) is 0 Å². The van der Waals surface area contributed by atoms with Gasteiger partial charge in [-0.15, -0.1) is 7.92 Å². The Morgan fingerprint density at radius 3 is 2.06 bits per heavy atom. The Morgan fingerprint density at radius 1 is 1.31 bits per heavy atom. The van der Waals surface area contributed by atoms with Gasteiger partial charge in [0.15, 0.2) is 0 Å². The highest BCUT2D eigenvalue weighted by molar-refractivity contribution is 7.57. The molecule has 0 aliphatic carbocycles. The summed E-state index contributed by atoms with van der Waals surface area (Å²) in [7, 11) is -0.0567. The summed E-state index contributed by atoms with van der Waals surface area (Å²) in [5.41, 5.74) is 2.07. The molecule has 0 rings (SSSR count). The molecule has 0 fully saturated rings. The Morgan fingerprint density at radius 2 is 1.81 bits per heavy atom. The van der Waals surface area contributed by atoms with Gasteiger partial charge in [-0.2, -0.15) is 0 Å². The lowest BCUT2D eigenvalue weighted by Crippen LogP contribution is -2.26. The van der Waals surface area contributed by atoms with Crippen molar-refractivity contribution in [1.29, 1.82) is 0 Å². The third kappa shape index (κ3) is 4.70. The normalized spacial score (nSPS) is 16.8. The number of hydrogen-bond donors (Lipinski definition) is 1. The minimum Gasteiger partial charge on any atom is -0.512 e. The van der Waals surface area contributed by atoms with Gasteiger partial charge < -0.3 is 5.11 Å². The van der Waals surface area contributed by atoms with E-state index in [9.17, 15) is 5.11 Å². The summed E-state index contributed by atoms with van der Waals surface area (Å²) in [5, 5.41) is 9.68. The molecule has 2 heteroatoms. The number of aliphatic hydroxyl groups excluding tert-OH is 1. The van der Waals surface area contributed by atoms with Crippen LogP contribution in [0.5, 0.6) is 0 Å². The molecule has 0 spiro atoms. The van der Waals surface area contributed by atoms with E-state index in [2.05, 4.69) is 47.1 Å². The zero-order chi connectivity index (χ0) is 12.9. The van der Waals surface area contributed by atoms with E-state index in [1.54, 1.807) is 0 Å². The van der Waals surface area contributed by atoms with Crippen molar-refractivity contribution in [2.24, 2.45) is 5.41 Å². The summed E-state index contributed by atoms with van der Waals surface area (Å²) in [6.07, 6.45) is 4.81. The minimum absolute atomic E-state index is 0.0567. The fourth-order valence-corrected chi connectivity index (χ4v) is 4.56. The number of rotatable bonds is 4. The maximum atomic E-state index is 9.68. The van der Waals surface area contributed by atoms with E-state index in [4.69, 9.17) is 0 Å². The number of aliphatic hydroxyl groups is 1. The molecule has 0 aromatic heterocycles. The molecule has 0 heterocycles. The van der Waals surface area contributed by atoms with Crippen LogP contribution in [0, 0.1) is 5.41 Å². The first kappa shape index (κ1) is 15.7. The van der Waals surface area contributed by atoms with Crippen molar-refractivity contribution >= 4 is 7.92 Å². The fourth-order valence-electron chi connectivity index (χ4n) is 2.19. The molecule has 1 N–H and O–H groups in total. The summed E-state index contributed by atoms with van der Waals surface area (Å²) < 4.78 is 0. The predicted octanol–water partition coefficient (Wildman–Crippen LogP) is 4.94. The fraction of sp³-hybridized carbons (Fsp3) is 0.714. The first-order valence-electron chi connectivity index (χ1n) is 5.96. The molecule has 0 radical (unpaired) electrons. The molecule has 16 heavy (non-hydrogen) atoms. The van der Waals surface area contributed by atoms with E-state index in [0.29, 0.717) is 17.8 Å². The monoisotopic (exact) mass is 242 g/mol. The largest absolute Gasteiger partial charge is 0.512 e. The molecule has 0 aliphatic heterocycles. The molecule has 1 nitrogen and oxygen atoms in total. The third-order valence-corrected chi connectivity index (χ3v) is 4.79. The van der Waals surface area contributed by atoms with Gasteiger partial charge in [-0.1, -0.05) is 33.8 Å². The minimum atomic E-state index is -0.0567. The van der Waals surface area contributed by atoms with E-state index in [0.717, 1.165) is 0 Å². The van der Waals surface area contributed by atoms with Crippen molar-refractivity contribution in [3.05, 3.63) is 23.5 Å². The average Bonchev–Trinajstić information content (AvgIpc) is 2.13. The number of hydrogen-bond acceptors (Lipinski definition) is 1. The molecular weight excluding hydrogens is 215 g/mol. The van der Waals surface area contributed by atoms with Gasteiger partial charge in [-0.3, -0.25) is 0 Å². The third-order valence-electron chi connectivity index (χ3n) is 2.68. The molecule has 1 atom stereocenters. The lowest BCUT2D eigenvalue weighted by atomic mass is 9.86. The summed E-state index contributed by atoms with van der Waals surface area (Å²) in [6, 6.07) is 0. The second-order valence-corrected chi connectivity index (χ2v) is 7.95. The van der Waals surface area contributed by atoms with Crippen molar-refractivity contribution in [3.8, 4) is 0 Å². The summed E-state index contributed by atoms with van der Waals surface area (Å²) in [5.74, 6) is 0.485. The van der Waals surface area contributed by atoms with Gasteiger partial charge in [0, 0.05) is 12.1 Å². The highest BCUT2D eigenvalue weighted by Gasteiger charge is 2.29. The van der Waals surface area contributed by atoms with Crippen LogP contribution in [0.3, 0.4) is 0 Å². The average molecular weight is 242 g/mol. The van der Waals surface area contributed by atoms with Crippen LogP contribution in [0.2, 0.25) is 0 Å². The molecule has 0 saturated heterocycles. The molecule has 0 bridgehead atoms. The maximum Gasteiger partial charge on any atom is 0.0922 e. The van der Waals surface area contributed by atoms with E-state index in [1.165, 1.54) is 5.57 Å². The van der Waals surface area contributed by atoms with Crippen LogP contribution in [-0.4, -0.2) is 24.1 Å². The van der Waals surface area contributed by atoms with Gasteiger partial charge in [-0.05, 0) is 37.3 Å². The van der Waals surface area contributed by atoms with Gasteiger partial charge in [0.1, 0.15) is 0 Å². The molecule has 0 saturated carbocycles. The second kappa shape index (κ2) is 6.45. The molecule has 0 aromatic carbocycles. The van der Waals surface area contributed by atoms with Crippen LogP contribution >= 0.6 is 7.92 Å². The van der Waals surface area contributed by atoms with Gasteiger partial charge in [-0.25, -0.2) is 0 Å². The van der Waals surface area contributed by atoms with E-state index in [1.807, 2.05) is 13.0 Å². The summed E-state index contributed by atoms with van der Waals surface area (Å²) in [4.78, 5) is 0. The van der Waals surface area contributed by atoms with Gasteiger partial charge in [0.25, 0.3) is 0 Å². The first-order chi connectivity index (χ1) is 7.23. The summed E-state index contributed by atoms with van der Waals surface area (Å²) in [6.45, 7) is 15.5. The van der Waals surface area contributed by atoms with Gasteiger partial charge in [0.2, 0.25) is 0 Å². The van der Waals surface area contributed by atoms with Crippen LogP contribution in [0.15, 0.2) is 23.5 Å². The second-order valence-electron chi connectivity index (χ2n) is 5.51. The van der Waals surface area contributed by atoms with Crippen molar-refractivity contribution in [3.63, 3.8) is 0 Å². The first-order valence-corrected chi connectivity index (χ1v) is 8.26. The Bertz CT molecular complexity index is 269. The van der Waals surface area contributed by atoms with Crippen LogP contribution in [0.1, 0.15) is 41.0 Å². The lowest BCUT2D eigenvalue weighted by molar-refractivity contribution is 0.389. The van der Waals surface area contributed by atoms with E-state index < -0.39 is 0 Å². The molecular formula is C14H27OP. The number of allylic oxidation sites excluding steroid dienone is 4. The van der Waals surface area contributed by atoms with Gasteiger partial charge >= 0.3 is 0 Å². The quantitative estimate of drug-likeness (QED) is 0.420. The Hall–Kier alpha value is -0.290. The molecule has 0 amide bonds. The Kier molecular flexibility index (Phi) is 6.33. The van der Waals surface area contributed by atoms with Crippen LogP contribution < -0.4 is 0 Å². The lowest BCUT2D eigenvalue weighted by Gasteiger charge is -2.35. The molecule has 0 aromatic rings. The van der Waals surface area contributed by atoms with Crippen LogP contribution in [0.4, 0.5) is 0 Å². The zero-order valence-corrected chi connectivity index (χ0v) is 12.7. The van der Waals surface area contributed by atoms with Crippen molar-refractivity contribution in [2.45, 2.75) is 46.7 Å². The van der Waals surface area contributed by atoms with Crippen molar-refractivity contribution in [1.82, 2.24) is 0 Å². The Balaban J connectivity index is 5.20. The van der Waals surface area contributed by atoms with E-state index >= 15 is 0 Å². The maximum absolute atomic E-state index is 9.68.